The maximum absolute atomic E-state index is 12.5. The van der Waals surface area contributed by atoms with E-state index < -0.39 is 35.2 Å². The number of ketones is 1. The third-order valence-corrected chi connectivity index (χ3v) is 6.69. The highest BCUT2D eigenvalue weighted by Crippen LogP contribution is 2.42. The summed E-state index contributed by atoms with van der Waals surface area (Å²) in [5, 5.41) is 12.1. The minimum absolute atomic E-state index is 0.0957. The van der Waals surface area contributed by atoms with Crippen LogP contribution in [-0.2, 0) is 19.1 Å². The summed E-state index contributed by atoms with van der Waals surface area (Å²) in [7, 11) is 1.44. The number of Topliss-reactive ketones (excluding diaryl/α,β-unsaturated/α-hetero) is 1. The average Bonchev–Trinajstić information content (AvgIpc) is 3.10. The van der Waals surface area contributed by atoms with Gasteiger partial charge in [0.05, 0.1) is 11.1 Å². The number of rotatable bonds is 10. The number of hydrogen-bond donors (Lipinski definition) is 2. The molecule has 2 aliphatic rings. The van der Waals surface area contributed by atoms with Gasteiger partial charge in [0.1, 0.15) is 17.1 Å². The quantitative estimate of drug-likeness (QED) is 0.206. The van der Waals surface area contributed by atoms with Crippen LogP contribution in [0.2, 0.25) is 0 Å². The Hall–Kier alpha value is -1.18. The summed E-state index contributed by atoms with van der Waals surface area (Å²) in [5.41, 5.74) is -0.283. The molecule has 0 aromatic carbocycles. The molecule has 6 unspecified atom stereocenters. The smallest absolute Gasteiger partial charge is 0.244 e. The summed E-state index contributed by atoms with van der Waals surface area (Å²) >= 11 is 12.1. The monoisotopic (exact) mass is 487 g/mol. The summed E-state index contributed by atoms with van der Waals surface area (Å²) in [5.74, 6) is -0.405. The zero-order valence-corrected chi connectivity index (χ0v) is 20.8. The number of methoxy groups -OCH3 is 1. The summed E-state index contributed by atoms with van der Waals surface area (Å²) < 4.78 is 11.2. The van der Waals surface area contributed by atoms with Crippen molar-refractivity contribution in [2.24, 2.45) is 5.92 Å². The van der Waals surface area contributed by atoms with Crippen molar-refractivity contribution in [2.75, 3.05) is 7.11 Å². The lowest BCUT2D eigenvalue weighted by atomic mass is 9.83. The third kappa shape index (κ3) is 6.91. The van der Waals surface area contributed by atoms with Crippen LogP contribution in [0, 0.1) is 5.92 Å². The predicted molar refractivity (Wildman–Crippen MR) is 127 cm³/mol. The maximum Gasteiger partial charge on any atom is 0.244 e. The highest BCUT2D eigenvalue weighted by atomic mass is 35.5. The van der Waals surface area contributed by atoms with E-state index in [2.05, 4.69) is 25.2 Å². The van der Waals surface area contributed by atoms with Gasteiger partial charge in [0, 0.05) is 19.6 Å². The fourth-order valence-corrected chi connectivity index (χ4v) is 4.90. The molecule has 1 aliphatic heterocycles. The normalized spacial score (nSPS) is 31.9. The van der Waals surface area contributed by atoms with Gasteiger partial charge >= 0.3 is 0 Å². The third-order valence-electron chi connectivity index (χ3n) is 5.96. The highest BCUT2D eigenvalue weighted by Gasteiger charge is 2.56. The molecule has 2 rings (SSSR count). The SMILES string of the molecule is CCCCCCC(C)C=C(C)C=CC(=O)NC1CC2(C=C(Cl)C(=O)C(Cl)C2O)OC1OC. The number of nitrogens with one attached hydrogen (secondary N) is 1. The number of allylic oxidation sites excluding steroid dienone is 4. The van der Waals surface area contributed by atoms with Crippen molar-refractivity contribution in [2.45, 2.75) is 88.7 Å². The molecule has 6 atom stereocenters. The molecule has 1 aliphatic carbocycles. The summed E-state index contributed by atoms with van der Waals surface area (Å²) in [6, 6.07) is -0.550. The fourth-order valence-electron chi connectivity index (χ4n) is 4.21. The van der Waals surface area contributed by atoms with Crippen molar-refractivity contribution < 1.29 is 24.2 Å². The Morgan fingerprint density at radius 1 is 1.41 bits per heavy atom. The first kappa shape index (κ1) is 27.1. The van der Waals surface area contributed by atoms with E-state index in [9.17, 15) is 14.7 Å². The highest BCUT2D eigenvalue weighted by molar-refractivity contribution is 6.49. The lowest BCUT2D eigenvalue weighted by Crippen LogP contribution is -2.52. The van der Waals surface area contributed by atoms with E-state index in [1.165, 1.54) is 44.9 Å². The van der Waals surface area contributed by atoms with Crippen LogP contribution >= 0.6 is 23.2 Å². The number of aliphatic hydroxyl groups excluding tert-OH is 1. The van der Waals surface area contributed by atoms with Gasteiger partial charge in [0.25, 0.3) is 0 Å². The van der Waals surface area contributed by atoms with Crippen molar-refractivity contribution in [3.05, 3.63) is 34.9 Å². The van der Waals surface area contributed by atoms with Gasteiger partial charge in [0.15, 0.2) is 12.1 Å². The molecular formula is C24H35Cl2NO5. The first-order valence-electron chi connectivity index (χ1n) is 11.3. The molecule has 1 fully saturated rings. The van der Waals surface area contributed by atoms with Crippen LogP contribution in [0.1, 0.15) is 59.3 Å². The fraction of sp³-hybridized carbons (Fsp3) is 0.667. The Bertz CT molecular complexity index is 765. The van der Waals surface area contributed by atoms with Crippen molar-refractivity contribution >= 4 is 34.9 Å². The summed E-state index contributed by atoms with van der Waals surface area (Å²) in [6.45, 7) is 6.36. The van der Waals surface area contributed by atoms with Crippen LogP contribution in [0.15, 0.2) is 34.9 Å². The summed E-state index contributed by atoms with van der Waals surface area (Å²) in [6.07, 6.45) is 10.9. The van der Waals surface area contributed by atoms with Gasteiger partial charge in [-0.2, -0.15) is 0 Å². The van der Waals surface area contributed by atoms with Gasteiger partial charge in [0.2, 0.25) is 5.91 Å². The second kappa shape index (κ2) is 12.3. The minimum atomic E-state index is -1.31. The van der Waals surface area contributed by atoms with E-state index in [0.717, 1.165) is 12.0 Å². The standard InChI is InChI=1S/C24H35Cl2NO5/c1-5-6-7-8-9-15(2)12-16(3)10-11-19(28)27-18-14-24(32-23(18)31-4)13-17(25)21(29)20(26)22(24)30/h10-13,15,18,20,22-23,30H,5-9,14H2,1-4H3,(H,27,28). The molecule has 1 heterocycles. The van der Waals surface area contributed by atoms with E-state index in [0.29, 0.717) is 5.92 Å². The topological polar surface area (TPSA) is 84.9 Å². The number of aliphatic hydroxyl groups is 1. The van der Waals surface area contributed by atoms with Crippen molar-refractivity contribution in [3.8, 4) is 0 Å². The Morgan fingerprint density at radius 3 is 2.78 bits per heavy atom. The van der Waals surface area contributed by atoms with Gasteiger partial charge < -0.3 is 19.9 Å². The lowest BCUT2D eigenvalue weighted by molar-refractivity contribution is -0.176. The Balaban J connectivity index is 1.97. The van der Waals surface area contributed by atoms with Crippen LogP contribution in [0.25, 0.3) is 0 Å². The molecule has 1 amide bonds. The largest absolute Gasteiger partial charge is 0.388 e. The van der Waals surface area contributed by atoms with Crippen LogP contribution in [0.5, 0.6) is 0 Å². The minimum Gasteiger partial charge on any atom is -0.388 e. The molecule has 1 saturated heterocycles. The Labute approximate surface area is 201 Å². The number of hydrogen-bond acceptors (Lipinski definition) is 5. The second-order valence-electron chi connectivity index (χ2n) is 8.77. The molecule has 0 aromatic heterocycles. The molecule has 2 N–H and O–H groups in total. The molecule has 6 nitrogen and oxygen atoms in total. The number of unbranched alkanes of at least 4 members (excludes halogenated alkanes) is 3. The molecule has 0 aromatic rings. The average molecular weight is 488 g/mol. The maximum atomic E-state index is 12.5. The molecule has 0 bridgehead atoms. The van der Waals surface area contributed by atoms with Crippen LogP contribution in [0.4, 0.5) is 0 Å². The Morgan fingerprint density at radius 2 is 2.12 bits per heavy atom. The van der Waals surface area contributed by atoms with Crippen molar-refractivity contribution in [3.63, 3.8) is 0 Å². The summed E-state index contributed by atoms with van der Waals surface area (Å²) in [4.78, 5) is 24.4. The van der Waals surface area contributed by atoms with Crippen LogP contribution in [0.3, 0.4) is 0 Å². The van der Waals surface area contributed by atoms with E-state index in [-0.39, 0.29) is 17.4 Å². The Kier molecular flexibility index (Phi) is 10.4. The van der Waals surface area contributed by atoms with Crippen LogP contribution < -0.4 is 5.32 Å². The van der Waals surface area contributed by atoms with Crippen LogP contribution in [-0.4, -0.2) is 53.3 Å². The number of ether oxygens (including phenoxy) is 2. The predicted octanol–water partition coefficient (Wildman–Crippen LogP) is 4.39. The molecule has 0 radical (unpaired) electrons. The molecular weight excluding hydrogens is 453 g/mol. The van der Waals surface area contributed by atoms with E-state index in [1.807, 2.05) is 6.92 Å². The number of carbonyl (C=O) groups excluding carboxylic acids is 2. The van der Waals surface area contributed by atoms with Crippen molar-refractivity contribution in [1.29, 1.82) is 0 Å². The first-order chi connectivity index (χ1) is 15.1. The van der Waals surface area contributed by atoms with Gasteiger partial charge in [-0.15, -0.1) is 11.6 Å². The molecule has 180 valence electrons. The molecule has 1 spiro atoms. The van der Waals surface area contributed by atoms with E-state index in [1.54, 1.807) is 6.08 Å². The van der Waals surface area contributed by atoms with Crippen molar-refractivity contribution in [1.82, 2.24) is 5.32 Å². The van der Waals surface area contributed by atoms with Gasteiger partial charge in [-0.05, 0) is 25.3 Å². The number of amides is 1. The first-order valence-corrected chi connectivity index (χ1v) is 12.1. The van der Waals surface area contributed by atoms with E-state index >= 15 is 0 Å². The van der Waals surface area contributed by atoms with Gasteiger partial charge in [-0.25, -0.2) is 0 Å². The number of halogens is 2. The van der Waals surface area contributed by atoms with E-state index in [4.69, 9.17) is 32.7 Å². The number of alkyl halides is 1. The zero-order valence-electron chi connectivity index (χ0n) is 19.3. The second-order valence-corrected chi connectivity index (χ2v) is 9.65. The molecule has 0 saturated carbocycles. The molecule has 8 heteroatoms. The van der Waals surface area contributed by atoms with Gasteiger partial charge in [-0.3, -0.25) is 9.59 Å². The lowest BCUT2D eigenvalue weighted by Gasteiger charge is -2.36. The molecule has 32 heavy (non-hydrogen) atoms. The number of carbonyl (C=O) groups is 2. The van der Waals surface area contributed by atoms with Gasteiger partial charge in [-0.1, -0.05) is 68.9 Å². The zero-order chi connectivity index (χ0) is 23.9.